The van der Waals surface area contributed by atoms with Crippen LogP contribution in [0, 0.1) is 0 Å². The zero-order valence-electron chi connectivity index (χ0n) is 11.5. The summed E-state index contributed by atoms with van der Waals surface area (Å²) in [5.74, 6) is 0.873. The predicted molar refractivity (Wildman–Crippen MR) is 80.7 cm³/mol. The van der Waals surface area contributed by atoms with E-state index in [1.54, 1.807) is 6.26 Å². The van der Waals surface area contributed by atoms with Crippen molar-refractivity contribution in [1.29, 1.82) is 0 Å². The van der Waals surface area contributed by atoms with Crippen molar-refractivity contribution in [3.8, 4) is 0 Å². The van der Waals surface area contributed by atoms with E-state index < -0.39 is 6.10 Å². The molecule has 1 heterocycles. The van der Waals surface area contributed by atoms with Crippen molar-refractivity contribution < 1.29 is 9.52 Å². The zero-order chi connectivity index (χ0) is 13.9. The minimum Gasteiger partial charge on any atom is -0.469 e. The number of aliphatic hydroxyl groups is 1. The van der Waals surface area contributed by atoms with E-state index in [0.717, 1.165) is 17.7 Å². The number of aliphatic hydroxyl groups excluding tert-OH is 1. The summed E-state index contributed by atoms with van der Waals surface area (Å²) < 4.78 is 5.40. The van der Waals surface area contributed by atoms with Gasteiger partial charge in [0.15, 0.2) is 0 Å². The first kappa shape index (κ1) is 12.9. The molecule has 0 saturated heterocycles. The molecule has 3 aromatic rings. The average molecular weight is 266 g/mol. The molecule has 2 aromatic carbocycles. The maximum absolute atomic E-state index is 10.5. The van der Waals surface area contributed by atoms with E-state index in [1.165, 1.54) is 16.3 Å². The fraction of sp³-hybridized carbons (Fsp3) is 0.222. The van der Waals surface area contributed by atoms with Crippen molar-refractivity contribution in [3.05, 3.63) is 71.7 Å². The first-order valence-electron chi connectivity index (χ1n) is 7.00. The van der Waals surface area contributed by atoms with Crippen molar-refractivity contribution in [2.75, 3.05) is 0 Å². The molecule has 102 valence electrons. The van der Waals surface area contributed by atoms with Gasteiger partial charge in [-0.15, -0.1) is 0 Å². The van der Waals surface area contributed by atoms with Crippen LogP contribution in [0.15, 0.2) is 59.2 Å². The summed E-state index contributed by atoms with van der Waals surface area (Å²) in [5.41, 5.74) is 2.07. The van der Waals surface area contributed by atoms with Crippen LogP contribution in [0.4, 0.5) is 0 Å². The van der Waals surface area contributed by atoms with Crippen LogP contribution in [0.5, 0.6) is 0 Å². The van der Waals surface area contributed by atoms with Crippen LogP contribution in [0.25, 0.3) is 10.8 Å². The van der Waals surface area contributed by atoms with E-state index in [1.807, 2.05) is 31.2 Å². The summed E-state index contributed by atoms with van der Waals surface area (Å²) in [6.45, 7) is 2.03. The van der Waals surface area contributed by atoms with Gasteiger partial charge in [0, 0.05) is 18.4 Å². The quantitative estimate of drug-likeness (QED) is 0.765. The molecular formula is C18H18O2. The van der Waals surface area contributed by atoms with Gasteiger partial charge in [0.05, 0.1) is 12.4 Å². The van der Waals surface area contributed by atoms with Gasteiger partial charge in [0.1, 0.15) is 5.76 Å². The molecule has 0 aliphatic carbocycles. The Morgan fingerprint density at radius 2 is 1.85 bits per heavy atom. The maximum atomic E-state index is 10.5. The minimum atomic E-state index is -0.519. The van der Waals surface area contributed by atoms with Crippen molar-refractivity contribution in [2.45, 2.75) is 25.9 Å². The number of hydrogen-bond donors (Lipinski definition) is 1. The van der Waals surface area contributed by atoms with Crippen LogP contribution in [0.2, 0.25) is 0 Å². The molecule has 2 heteroatoms. The molecule has 0 radical (unpaired) electrons. The second kappa shape index (κ2) is 5.51. The molecule has 2 nitrogen and oxygen atoms in total. The van der Waals surface area contributed by atoms with Gasteiger partial charge < -0.3 is 9.52 Å². The Morgan fingerprint density at radius 1 is 1.05 bits per heavy atom. The molecule has 0 bridgehead atoms. The zero-order valence-corrected chi connectivity index (χ0v) is 11.5. The van der Waals surface area contributed by atoms with Gasteiger partial charge in [-0.1, -0.05) is 49.4 Å². The molecule has 1 aromatic heterocycles. The van der Waals surface area contributed by atoms with Crippen LogP contribution >= 0.6 is 0 Å². The summed E-state index contributed by atoms with van der Waals surface area (Å²) in [5, 5.41) is 12.9. The van der Waals surface area contributed by atoms with E-state index in [4.69, 9.17) is 4.42 Å². The Bertz CT molecular complexity index is 707. The van der Waals surface area contributed by atoms with Crippen LogP contribution < -0.4 is 0 Å². The Hall–Kier alpha value is -2.06. The molecule has 0 spiro atoms. The van der Waals surface area contributed by atoms with Crippen molar-refractivity contribution in [3.63, 3.8) is 0 Å². The molecule has 1 N–H and O–H groups in total. The third kappa shape index (κ3) is 2.35. The number of furan rings is 1. The van der Waals surface area contributed by atoms with Crippen molar-refractivity contribution >= 4 is 10.8 Å². The first-order valence-corrected chi connectivity index (χ1v) is 7.00. The number of aryl methyl sites for hydroxylation is 1. The van der Waals surface area contributed by atoms with E-state index in [9.17, 15) is 5.11 Å². The molecule has 1 atom stereocenters. The monoisotopic (exact) mass is 266 g/mol. The van der Waals surface area contributed by atoms with Gasteiger partial charge in [-0.25, -0.2) is 0 Å². The second-order valence-corrected chi connectivity index (χ2v) is 5.01. The largest absolute Gasteiger partial charge is 0.469 e. The smallest absolute Gasteiger partial charge is 0.109 e. The van der Waals surface area contributed by atoms with Gasteiger partial charge in [-0.2, -0.15) is 0 Å². The Labute approximate surface area is 118 Å². The van der Waals surface area contributed by atoms with Crippen LogP contribution in [-0.2, 0) is 12.8 Å². The summed E-state index contributed by atoms with van der Waals surface area (Å²) in [4.78, 5) is 0. The SMILES string of the molecule is CCc1occc1C(O)Cc1cccc2ccccc12. The average Bonchev–Trinajstić information content (AvgIpc) is 2.96. The molecule has 1 unspecified atom stereocenters. The highest BCUT2D eigenvalue weighted by atomic mass is 16.3. The van der Waals surface area contributed by atoms with Gasteiger partial charge >= 0.3 is 0 Å². The molecule has 0 aliphatic rings. The predicted octanol–water partition coefficient (Wildman–Crippen LogP) is 4.27. The maximum Gasteiger partial charge on any atom is 0.109 e. The minimum absolute atomic E-state index is 0.519. The Balaban J connectivity index is 1.93. The fourth-order valence-corrected chi connectivity index (χ4v) is 2.72. The number of hydrogen-bond acceptors (Lipinski definition) is 2. The summed E-state index contributed by atoms with van der Waals surface area (Å²) >= 11 is 0. The normalized spacial score (nSPS) is 12.7. The van der Waals surface area contributed by atoms with E-state index in [0.29, 0.717) is 6.42 Å². The van der Waals surface area contributed by atoms with Crippen LogP contribution in [-0.4, -0.2) is 5.11 Å². The van der Waals surface area contributed by atoms with Crippen molar-refractivity contribution in [1.82, 2.24) is 0 Å². The summed E-state index contributed by atoms with van der Waals surface area (Å²) in [6.07, 6.45) is 2.54. The van der Waals surface area contributed by atoms with Gasteiger partial charge in [0.2, 0.25) is 0 Å². The van der Waals surface area contributed by atoms with Crippen LogP contribution in [0.3, 0.4) is 0 Å². The third-order valence-electron chi connectivity index (χ3n) is 3.75. The fourth-order valence-electron chi connectivity index (χ4n) is 2.72. The molecular weight excluding hydrogens is 248 g/mol. The highest BCUT2D eigenvalue weighted by Crippen LogP contribution is 2.27. The van der Waals surface area contributed by atoms with E-state index in [2.05, 4.69) is 24.3 Å². The van der Waals surface area contributed by atoms with Gasteiger partial charge in [0.25, 0.3) is 0 Å². The molecule has 0 saturated carbocycles. The lowest BCUT2D eigenvalue weighted by atomic mass is 9.96. The Morgan fingerprint density at radius 3 is 2.70 bits per heavy atom. The number of fused-ring (bicyclic) bond motifs is 1. The third-order valence-corrected chi connectivity index (χ3v) is 3.75. The van der Waals surface area contributed by atoms with Crippen molar-refractivity contribution in [2.24, 2.45) is 0 Å². The molecule has 20 heavy (non-hydrogen) atoms. The standard InChI is InChI=1S/C18H18O2/c1-2-18-16(10-11-20-18)17(19)12-14-8-5-7-13-6-3-4-9-15(13)14/h3-11,17,19H,2,12H2,1H3. The van der Waals surface area contributed by atoms with Crippen LogP contribution in [0.1, 0.15) is 29.9 Å². The Kier molecular flexibility index (Phi) is 3.57. The summed E-state index contributed by atoms with van der Waals surface area (Å²) in [7, 11) is 0. The second-order valence-electron chi connectivity index (χ2n) is 5.01. The lowest BCUT2D eigenvalue weighted by Gasteiger charge is -2.12. The number of benzene rings is 2. The summed E-state index contributed by atoms with van der Waals surface area (Å²) in [6, 6.07) is 16.4. The highest BCUT2D eigenvalue weighted by molar-refractivity contribution is 5.85. The van der Waals surface area contributed by atoms with Gasteiger partial charge in [-0.05, 0) is 22.4 Å². The highest BCUT2D eigenvalue weighted by Gasteiger charge is 2.15. The molecule has 0 fully saturated rings. The first-order chi connectivity index (χ1) is 9.79. The van der Waals surface area contributed by atoms with E-state index in [-0.39, 0.29) is 0 Å². The molecule has 0 aliphatic heterocycles. The topological polar surface area (TPSA) is 33.4 Å². The molecule has 3 rings (SSSR count). The molecule has 0 amide bonds. The van der Waals surface area contributed by atoms with E-state index >= 15 is 0 Å². The van der Waals surface area contributed by atoms with Gasteiger partial charge in [-0.3, -0.25) is 0 Å². The lowest BCUT2D eigenvalue weighted by molar-refractivity contribution is 0.176. The lowest BCUT2D eigenvalue weighted by Crippen LogP contribution is -2.03. The number of rotatable bonds is 4.